The molecule has 2 rings (SSSR count). The van der Waals surface area contributed by atoms with Crippen molar-refractivity contribution < 1.29 is 27.9 Å². The number of carbonyl (C=O) groups excluding carboxylic acids is 2. The van der Waals surface area contributed by atoms with E-state index in [4.69, 9.17) is 0 Å². The molecule has 0 atom stereocenters. The predicted molar refractivity (Wildman–Crippen MR) is 77.5 cm³/mol. The van der Waals surface area contributed by atoms with Crippen LogP contribution in [0.1, 0.15) is 33.2 Å². The molecule has 0 unspecified atom stereocenters. The minimum Gasteiger partial charge on any atom is -0.507 e. The molecular formula is C16H12F3NO3. The van der Waals surface area contributed by atoms with Crippen molar-refractivity contribution in [3.8, 4) is 5.75 Å². The molecule has 0 saturated heterocycles. The first-order valence-corrected chi connectivity index (χ1v) is 6.51. The van der Waals surface area contributed by atoms with Crippen LogP contribution in [0.15, 0.2) is 42.5 Å². The van der Waals surface area contributed by atoms with Crippen LogP contribution in [0.5, 0.6) is 5.75 Å². The number of aromatic hydroxyl groups is 1. The van der Waals surface area contributed by atoms with Crippen molar-refractivity contribution in [1.29, 1.82) is 0 Å². The van der Waals surface area contributed by atoms with Crippen LogP contribution in [-0.4, -0.2) is 16.8 Å². The van der Waals surface area contributed by atoms with E-state index in [1.54, 1.807) is 0 Å². The number of ketones is 1. The van der Waals surface area contributed by atoms with E-state index in [2.05, 4.69) is 5.32 Å². The van der Waals surface area contributed by atoms with Crippen LogP contribution in [0.3, 0.4) is 0 Å². The Labute approximate surface area is 129 Å². The Bertz CT molecular complexity index is 752. The van der Waals surface area contributed by atoms with Gasteiger partial charge in [0.25, 0.3) is 5.91 Å². The quantitative estimate of drug-likeness (QED) is 0.843. The molecule has 2 aromatic carbocycles. The monoisotopic (exact) mass is 323 g/mol. The van der Waals surface area contributed by atoms with E-state index in [-0.39, 0.29) is 28.3 Å². The molecule has 0 saturated carbocycles. The van der Waals surface area contributed by atoms with Gasteiger partial charge in [0, 0.05) is 11.3 Å². The average Bonchev–Trinajstić information content (AvgIpc) is 2.47. The van der Waals surface area contributed by atoms with E-state index >= 15 is 0 Å². The summed E-state index contributed by atoms with van der Waals surface area (Å²) >= 11 is 0. The first-order valence-electron chi connectivity index (χ1n) is 6.51. The van der Waals surface area contributed by atoms with Crippen LogP contribution in [0.4, 0.5) is 18.9 Å². The zero-order chi connectivity index (χ0) is 17.2. The molecule has 2 N–H and O–H groups in total. The van der Waals surface area contributed by atoms with Crippen molar-refractivity contribution in [3.05, 3.63) is 59.2 Å². The highest BCUT2D eigenvalue weighted by Crippen LogP contribution is 2.30. The molecule has 0 radical (unpaired) electrons. The Morgan fingerprint density at radius 1 is 1.04 bits per heavy atom. The van der Waals surface area contributed by atoms with E-state index in [0.717, 1.165) is 24.3 Å². The third kappa shape index (κ3) is 3.88. The summed E-state index contributed by atoms with van der Waals surface area (Å²) in [5.41, 5.74) is -0.606. The lowest BCUT2D eigenvalue weighted by atomic mass is 10.1. The number of nitrogens with one attached hydrogen (secondary N) is 1. The molecule has 0 heterocycles. The van der Waals surface area contributed by atoms with Gasteiger partial charge < -0.3 is 10.4 Å². The first-order chi connectivity index (χ1) is 10.7. The maximum Gasteiger partial charge on any atom is 0.416 e. The van der Waals surface area contributed by atoms with Gasteiger partial charge in [0.15, 0.2) is 5.78 Å². The fourth-order valence-electron chi connectivity index (χ4n) is 1.88. The van der Waals surface area contributed by atoms with E-state index in [1.165, 1.54) is 25.1 Å². The van der Waals surface area contributed by atoms with Crippen LogP contribution < -0.4 is 5.32 Å². The summed E-state index contributed by atoms with van der Waals surface area (Å²) in [4.78, 5) is 23.4. The Balaban J connectivity index is 2.22. The molecule has 0 spiro atoms. The number of hydrogen-bond acceptors (Lipinski definition) is 3. The Morgan fingerprint density at radius 2 is 1.65 bits per heavy atom. The first kappa shape index (κ1) is 16.5. The van der Waals surface area contributed by atoms with Crippen molar-refractivity contribution >= 4 is 17.4 Å². The number of benzene rings is 2. The average molecular weight is 323 g/mol. The van der Waals surface area contributed by atoms with E-state index in [9.17, 15) is 27.9 Å². The van der Waals surface area contributed by atoms with Crippen molar-refractivity contribution in [2.75, 3.05) is 5.32 Å². The molecule has 1 amide bonds. The standard InChI is InChI=1S/C16H12F3NO3/c1-9(21)10-2-7-14(22)13(8-10)15(23)20-12-5-3-11(4-6-12)16(17,18)19/h2-8,22H,1H3,(H,20,23). The van der Waals surface area contributed by atoms with Gasteiger partial charge in [-0.2, -0.15) is 13.2 Å². The normalized spacial score (nSPS) is 11.1. The van der Waals surface area contributed by atoms with Gasteiger partial charge in [-0.1, -0.05) is 0 Å². The van der Waals surface area contributed by atoms with Crippen molar-refractivity contribution in [2.45, 2.75) is 13.1 Å². The molecule has 0 aromatic heterocycles. The van der Waals surface area contributed by atoms with Crippen LogP contribution in [0.2, 0.25) is 0 Å². The third-order valence-corrected chi connectivity index (χ3v) is 3.12. The number of phenolic OH excluding ortho intramolecular Hbond substituents is 1. The number of hydrogen-bond donors (Lipinski definition) is 2. The highest BCUT2D eigenvalue weighted by Gasteiger charge is 2.30. The minimum atomic E-state index is -4.46. The maximum atomic E-state index is 12.5. The summed E-state index contributed by atoms with van der Waals surface area (Å²) in [5.74, 6) is -1.35. The highest BCUT2D eigenvalue weighted by atomic mass is 19.4. The number of Topliss-reactive ketones (excluding diaryl/α,β-unsaturated/α-hetero) is 1. The molecule has 7 heteroatoms. The fourth-order valence-corrected chi connectivity index (χ4v) is 1.88. The number of carbonyl (C=O) groups is 2. The Morgan fingerprint density at radius 3 is 2.17 bits per heavy atom. The van der Waals surface area contributed by atoms with E-state index in [1.807, 2.05) is 0 Å². The molecule has 23 heavy (non-hydrogen) atoms. The molecule has 0 aliphatic rings. The Hall–Kier alpha value is -2.83. The number of amides is 1. The molecule has 0 bridgehead atoms. The van der Waals surface area contributed by atoms with Gasteiger partial charge in [0.2, 0.25) is 0 Å². The maximum absolute atomic E-state index is 12.5. The summed E-state index contributed by atoms with van der Waals surface area (Å²) in [6.45, 7) is 1.31. The second-order valence-electron chi connectivity index (χ2n) is 4.82. The number of rotatable bonds is 3. The van der Waals surface area contributed by atoms with E-state index in [0.29, 0.717) is 0 Å². The highest BCUT2D eigenvalue weighted by molar-refractivity contribution is 6.07. The largest absolute Gasteiger partial charge is 0.507 e. The van der Waals surface area contributed by atoms with Gasteiger partial charge in [-0.25, -0.2) is 0 Å². The van der Waals surface area contributed by atoms with Crippen LogP contribution in [0.25, 0.3) is 0 Å². The summed E-state index contributed by atoms with van der Waals surface area (Å²) in [5, 5.41) is 12.1. The number of alkyl halides is 3. The number of anilines is 1. The smallest absolute Gasteiger partial charge is 0.416 e. The van der Waals surface area contributed by atoms with E-state index < -0.39 is 17.6 Å². The minimum absolute atomic E-state index is 0.135. The topological polar surface area (TPSA) is 66.4 Å². The lowest BCUT2D eigenvalue weighted by molar-refractivity contribution is -0.137. The van der Waals surface area contributed by atoms with Crippen LogP contribution >= 0.6 is 0 Å². The molecule has 0 aliphatic carbocycles. The number of halogens is 3. The SMILES string of the molecule is CC(=O)c1ccc(O)c(C(=O)Nc2ccc(C(F)(F)F)cc2)c1. The second-order valence-corrected chi connectivity index (χ2v) is 4.82. The molecular weight excluding hydrogens is 311 g/mol. The zero-order valence-electron chi connectivity index (χ0n) is 11.9. The van der Waals surface area contributed by atoms with Crippen molar-refractivity contribution in [2.24, 2.45) is 0 Å². The summed E-state index contributed by atoms with van der Waals surface area (Å²) in [7, 11) is 0. The second kappa shape index (κ2) is 6.12. The van der Waals surface area contributed by atoms with Gasteiger partial charge in [-0.05, 0) is 49.4 Å². The van der Waals surface area contributed by atoms with Gasteiger partial charge in [0.1, 0.15) is 5.75 Å². The zero-order valence-corrected chi connectivity index (χ0v) is 11.9. The van der Waals surface area contributed by atoms with Crippen molar-refractivity contribution in [3.63, 3.8) is 0 Å². The summed E-state index contributed by atoms with van der Waals surface area (Å²) in [6, 6.07) is 7.67. The third-order valence-electron chi connectivity index (χ3n) is 3.12. The fraction of sp³-hybridized carbons (Fsp3) is 0.125. The molecule has 4 nitrogen and oxygen atoms in total. The molecule has 0 fully saturated rings. The van der Waals surface area contributed by atoms with Gasteiger partial charge in [0.05, 0.1) is 11.1 Å². The predicted octanol–water partition coefficient (Wildman–Crippen LogP) is 3.87. The molecule has 0 aliphatic heterocycles. The van der Waals surface area contributed by atoms with Crippen LogP contribution in [-0.2, 0) is 6.18 Å². The molecule has 120 valence electrons. The van der Waals surface area contributed by atoms with Crippen molar-refractivity contribution in [1.82, 2.24) is 0 Å². The Kier molecular flexibility index (Phi) is 4.40. The molecule has 2 aromatic rings. The van der Waals surface area contributed by atoms with Gasteiger partial charge in [-0.3, -0.25) is 9.59 Å². The van der Waals surface area contributed by atoms with Gasteiger partial charge in [-0.15, -0.1) is 0 Å². The summed E-state index contributed by atoms with van der Waals surface area (Å²) in [6.07, 6.45) is -4.46. The van der Waals surface area contributed by atoms with Crippen LogP contribution in [0, 0.1) is 0 Å². The number of phenols is 1. The summed E-state index contributed by atoms with van der Waals surface area (Å²) < 4.78 is 37.4. The lowest BCUT2D eigenvalue weighted by Gasteiger charge is -2.10. The van der Waals surface area contributed by atoms with Gasteiger partial charge >= 0.3 is 6.18 Å². The lowest BCUT2D eigenvalue weighted by Crippen LogP contribution is -2.13.